The molecule has 0 unspecified atom stereocenters. The van der Waals surface area contributed by atoms with Crippen molar-refractivity contribution in [1.29, 1.82) is 0 Å². The van der Waals surface area contributed by atoms with Gasteiger partial charge in [-0.05, 0) is 46.1 Å². The number of carbonyl (C=O) groups is 1. The molecule has 0 bridgehead atoms. The first-order chi connectivity index (χ1) is 9.61. The molecule has 1 aliphatic heterocycles. The summed E-state index contributed by atoms with van der Waals surface area (Å²) in [5, 5.41) is 26.5. The molecule has 6 heteroatoms. The maximum Gasteiger partial charge on any atom is 0.407 e. The minimum atomic E-state index is -1.03. The van der Waals surface area contributed by atoms with E-state index in [9.17, 15) is 15.0 Å². The minimum Gasteiger partial charge on any atom is -0.444 e. The Morgan fingerprint density at radius 1 is 1.33 bits per heavy atom. The number of aliphatic hydroxyl groups excluding tert-OH is 2. The van der Waals surface area contributed by atoms with Gasteiger partial charge in [-0.1, -0.05) is 13.8 Å². The van der Waals surface area contributed by atoms with Gasteiger partial charge in [0.25, 0.3) is 0 Å². The van der Waals surface area contributed by atoms with Crippen molar-refractivity contribution in [2.24, 2.45) is 5.92 Å². The molecular weight excluding hydrogens is 272 g/mol. The number of ether oxygens (including phenoxy) is 1. The molecular formula is C15H30N2O4. The average Bonchev–Trinajstić information content (AvgIpc) is 2.85. The van der Waals surface area contributed by atoms with Crippen LogP contribution in [0.1, 0.15) is 47.5 Å². The maximum absolute atomic E-state index is 11.9. The SMILES string of the molecule is CC(C)[C@H](NC(=O)OC(C)(C)C)[C@H](O)[C@@H](O)[C@@H]1CCCN1. The fourth-order valence-corrected chi connectivity index (χ4v) is 2.54. The number of amides is 1. The number of aliphatic hydroxyl groups is 2. The zero-order valence-electron chi connectivity index (χ0n) is 13.7. The van der Waals surface area contributed by atoms with Gasteiger partial charge in [0, 0.05) is 6.04 Å². The van der Waals surface area contributed by atoms with Gasteiger partial charge in [-0.15, -0.1) is 0 Å². The van der Waals surface area contributed by atoms with Gasteiger partial charge in [0.15, 0.2) is 0 Å². The quantitative estimate of drug-likeness (QED) is 0.608. The van der Waals surface area contributed by atoms with Crippen molar-refractivity contribution in [1.82, 2.24) is 10.6 Å². The van der Waals surface area contributed by atoms with Crippen molar-refractivity contribution in [2.45, 2.75) is 77.4 Å². The van der Waals surface area contributed by atoms with Gasteiger partial charge in [0.2, 0.25) is 0 Å². The molecule has 1 saturated heterocycles. The van der Waals surface area contributed by atoms with Crippen LogP contribution in [0.5, 0.6) is 0 Å². The van der Waals surface area contributed by atoms with E-state index in [1.54, 1.807) is 20.8 Å². The lowest BCUT2D eigenvalue weighted by atomic mass is 9.91. The molecule has 1 amide bonds. The van der Waals surface area contributed by atoms with Crippen LogP contribution in [0.15, 0.2) is 0 Å². The van der Waals surface area contributed by atoms with E-state index in [0.29, 0.717) is 0 Å². The number of rotatable bonds is 5. The number of alkyl carbamates (subject to hydrolysis) is 1. The molecule has 0 radical (unpaired) electrons. The van der Waals surface area contributed by atoms with E-state index < -0.39 is 29.9 Å². The average molecular weight is 302 g/mol. The Hall–Kier alpha value is -0.850. The summed E-state index contributed by atoms with van der Waals surface area (Å²) in [7, 11) is 0. The fourth-order valence-electron chi connectivity index (χ4n) is 2.54. The third kappa shape index (κ3) is 5.80. The summed E-state index contributed by atoms with van der Waals surface area (Å²) in [6.07, 6.45) is -0.703. The third-order valence-corrected chi connectivity index (χ3v) is 3.63. The molecule has 0 aliphatic carbocycles. The van der Waals surface area contributed by atoms with Gasteiger partial charge in [-0.3, -0.25) is 0 Å². The predicted octanol–water partition coefficient (Wildman–Crippen LogP) is 1.01. The highest BCUT2D eigenvalue weighted by Gasteiger charge is 2.36. The molecule has 0 saturated carbocycles. The first-order valence-electron chi connectivity index (χ1n) is 7.71. The van der Waals surface area contributed by atoms with E-state index in [0.717, 1.165) is 19.4 Å². The Morgan fingerprint density at radius 3 is 2.38 bits per heavy atom. The summed E-state index contributed by atoms with van der Waals surface area (Å²) in [5.74, 6) is -0.0245. The van der Waals surface area contributed by atoms with Crippen LogP contribution in [0.3, 0.4) is 0 Å². The van der Waals surface area contributed by atoms with Gasteiger partial charge in [-0.25, -0.2) is 4.79 Å². The van der Waals surface area contributed by atoms with Gasteiger partial charge >= 0.3 is 6.09 Å². The predicted molar refractivity (Wildman–Crippen MR) is 81.0 cm³/mol. The molecule has 0 spiro atoms. The normalized spacial score (nSPS) is 23.7. The summed E-state index contributed by atoms with van der Waals surface area (Å²) >= 11 is 0. The van der Waals surface area contributed by atoms with E-state index in [1.165, 1.54) is 0 Å². The number of carbonyl (C=O) groups excluding carboxylic acids is 1. The molecule has 1 aliphatic rings. The highest BCUT2D eigenvalue weighted by Crippen LogP contribution is 2.18. The van der Waals surface area contributed by atoms with Crippen molar-refractivity contribution >= 4 is 6.09 Å². The zero-order valence-corrected chi connectivity index (χ0v) is 13.7. The second-order valence-electron chi connectivity index (χ2n) is 7.10. The summed E-state index contributed by atoms with van der Waals surface area (Å²) < 4.78 is 5.22. The largest absolute Gasteiger partial charge is 0.444 e. The highest BCUT2D eigenvalue weighted by molar-refractivity contribution is 5.68. The molecule has 0 aromatic heterocycles. The zero-order chi connectivity index (χ0) is 16.2. The Morgan fingerprint density at radius 2 is 1.95 bits per heavy atom. The monoisotopic (exact) mass is 302 g/mol. The molecule has 21 heavy (non-hydrogen) atoms. The van der Waals surface area contributed by atoms with Crippen LogP contribution in [0, 0.1) is 5.92 Å². The lowest BCUT2D eigenvalue weighted by Gasteiger charge is -2.33. The summed E-state index contributed by atoms with van der Waals surface area (Å²) in [4.78, 5) is 11.9. The molecule has 1 rings (SSSR count). The maximum atomic E-state index is 11.9. The Kier molecular flexibility index (Phi) is 6.43. The summed E-state index contributed by atoms with van der Waals surface area (Å²) in [5.41, 5.74) is -0.595. The van der Waals surface area contributed by atoms with Crippen molar-refractivity contribution in [3.05, 3.63) is 0 Å². The van der Waals surface area contributed by atoms with E-state index in [4.69, 9.17) is 4.74 Å². The molecule has 1 heterocycles. The van der Waals surface area contributed by atoms with Crippen LogP contribution in [0.2, 0.25) is 0 Å². The Bertz CT molecular complexity index is 335. The van der Waals surface area contributed by atoms with Gasteiger partial charge in [0.1, 0.15) is 11.7 Å². The van der Waals surface area contributed by atoms with E-state index in [2.05, 4.69) is 10.6 Å². The number of hydrogen-bond donors (Lipinski definition) is 4. The molecule has 4 atom stereocenters. The topological polar surface area (TPSA) is 90.8 Å². The van der Waals surface area contributed by atoms with E-state index in [1.807, 2.05) is 13.8 Å². The summed E-state index contributed by atoms with van der Waals surface area (Å²) in [6, 6.07) is -0.682. The second kappa shape index (κ2) is 7.42. The number of hydrogen-bond acceptors (Lipinski definition) is 5. The standard InChI is InChI=1S/C15H30N2O4/c1-9(2)11(17-14(20)21-15(3,4)5)13(19)12(18)10-7-6-8-16-10/h9-13,16,18-19H,6-8H2,1-5H3,(H,17,20)/t10-,11-,12-,13-/m0/s1. The van der Waals surface area contributed by atoms with Crippen LogP contribution in [0.25, 0.3) is 0 Å². The van der Waals surface area contributed by atoms with Crippen LogP contribution >= 0.6 is 0 Å². The van der Waals surface area contributed by atoms with Crippen LogP contribution < -0.4 is 10.6 Å². The lowest BCUT2D eigenvalue weighted by Crippen LogP contribution is -2.56. The van der Waals surface area contributed by atoms with Gasteiger partial charge in [-0.2, -0.15) is 0 Å². The van der Waals surface area contributed by atoms with Crippen molar-refractivity contribution in [3.63, 3.8) is 0 Å². The summed E-state index contributed by atoms with van der Waals surface area (Å²) in [6.45, 7) is 9.97. The van der Waals surface area contributed by atoms with E-state index >= 15 is 0 Å². The number of nitrogens with one attached hydrogen (secondary N) is 2. The molecule has 1 fully saturated rings. The van der Waals surface area contributed by atoms with Crippen molar-refractivity contribution in [2.75, 3.05) is 6.54 Å². The van der Waals surface area contributed by atoms with Crippen LogP contribution in [0.4, 0.5) is 4.79 Å². The van der Waals surface area contributed by atoms with Gasteiger partial charge < -0.3 is 25.6 Å². The third-order valence-electron chi connectivity index (χ3n) is 3.63. The Labute approximate surface area is 127 Å². The van der Waals surface area contributed by atoms with Crippen molar-refractivity contribution in [3.8, 4) is 0 Å². The van der Waals surface area contributed by atoms with Gasteiger partial charge in [0.05, 0.1) is 12.1 Å². The second-order valence-corrected chi connectivity index (χ2v) is 7.10. The lowest BCUT2D eigenvalue weighted by molar-refractivity contribution is -0.0325. The first kappa shape index (κ1) is 18.2. The molecule has 0 aromatic carbocycles. The molecule has 124 valence electrons. The fraction of sp³-hybridized carbons (Fsp3) is 0.933. The minimum absolute atomic E-state index is 0.0245. The first-order valence-corrected chi connectivity index (χ1v) is 7.71. The Balaban J connectivity index is 2.65. The van der Waals surface area contributed by atoms with Crippen LogP contribution in [-0.4, -0.2) is 52.7 Å². The molecule has 6 nitrogen and oxygen atoms in total. The smallest absolute Gasteiger partial charge is 0.407 e. The molecule has 0 aromatic rings. The van der Waals surface area contributed by atoms with Crippen molar-refractivity contribution < 1.29 is 19.7 Å². The molecule has 4 N–H and O–H groups in total. The van der Waals surface area contributed by atoms with Crippen LogP contribution in [-0.2, 0) is 4.74 Å². The van der Waals surface area contributed by atoms with E-state index in [-0.39, 0.29) is 12.0 Å². The highest BCUT2D eigenvalue weighted by atomic mass is 16.6.